The van der Waals surface area contributed by atoms with Gasteiger partial charge in [-0.15, -0.1) is 11.3 Å². The molecule has 0 saturated heterocycles. The van der Waals surface area contributed by atoms with Crippen LogP contribution in [0.15, 0.2) is 29.7 Å². The first-order valence-corrected chi connectivity index (χ1v) is 7.09. The number of carbonyl (C=O) groups excluding carboxylic acids is 1. The fourth-order valence-electron chi connectivity index (χ4n) is 1.63. The van der Waals surface area contributed by atoms with Crippen molar-refractivity contribution in [3.63, 3.8) is 0 Å². The summed E-state index contributed by atoms with van der Waals surface area (Å²) in [6.07, 6.45) is 2.92. The summed E-state index contributed by atoms with van der Waals surface area (Å²) in [6, 6.07) is 4.80. The molecule has 0 bridgehead atoms. The minimum atomic E-state index is -0.451. The van der Waals surface area contributed by atoms with Gasteiger partial charge in [0.15, 0.2) is 11.5 Å². The van der Waals surface area contributed by atoms with Gasteiger partial charge in [-0.05, 0) is 30.7 Å². The van der Waals surface area contributed by atoms with E-state index in [-0.39, 0.29) is 12.4 Å². The van der Waals surface area contributed by atoms with E-state index in [2.05, 4.69) is 4.98 Å². The highest BCUT2D eigenvalue weighted by Gasteiger charge is 2.03. The Hall–Kier alpha value is -2.34. The summed E-state index contributed by atoms with van der Waals surface area (Å²) in [6.45, 7) is 2.06. The Labute approximate surface area is 126 Å². The van der Waals surface area contributed by atoms with Crippen LogP contribution in [0.4, 0.5) is 0 Å². The number of phenols is 1. The molecule has 2 rings (SSSR count). The van der Waals surface area contributed by atoms with E-state index >= 15 is 0 Å². The Kier molecular flexibility index (Phi) is 4.94. The van der Waals surface area contributed by atoms with E-state index in [1.807, 2.05) is 12.3 Å². The van der Waals surface area contributed by atoms with E-state index in [0.29, 0.717) is 5.75 Å². The summed E-state index contributed by atoms with van der Waals surface area (Å²) >= 11 is 1.51. The molecule has 0 fully saturated rings. The lowest BCUT2D eigenvalue weighted by Crippen LogP contribution is -2.00. The van der Waals surface area contributed by atoms with Crippen molar-refractivity contribution in [2.45, 2.75) is 13.5 Å². The summed E-state index contributed by atoms with van der Waals surface area (Å²) in [5, 5.41) is 12.3. The molecule has 1 N–H and O–H groups in total. The van der Waals surface area contributed by atoms with Crippen LogP contribution < -0.4 is 4.74 Å². The molecule has 1 aromatic carbocycles. The highest BCUT2D eigenvalue weighted by atomic mass is 32.1. The first-order chi connectivity index (χ1) is 10.1. The van der Waals surface area contributed by atoms with E-state index in [1.165, 1.54) is 30.6 Å². The van der Waals surface area contributed by atoms with Gasteiger partial charge in [-0.3, -0.25) is 0 Å². The van der Waals surface area contributed by atoms with Gasteiger partial charge in [-0.1, -0.05) is 6.07 Å². The number of aryl methyl sites for hydroxylation is 1. The SMILES string of the molecule is COc1cc(C=CC(=O)OCc2csc(C)n2)ccc1O. The number of aromatic hydroxyl groups is 1. The van der Waals surface area contributed by atoms with E-state index in [9.17, 15) is 9.90 Å². The smallest absolute Gasteiger partial charge is 0.331 e. The van der Waals surface area contributed by atoms with Gasteiger partial charge in [0.2, 0.25) is 0 Å². The molecular weight excluding hydrogens is 290 g/mol. The van der Waals surface area contributed by atoms with Crippen LogP contribution in [0.3, 0.4) is 0 Å². The lowest BCUT2D eigenvalue weighted by atomic mass is 10.2. The molecule has 1 heterocycles. The lowest BCUT2D eigenvalue weighted by molar-refractivity contribution is -0.139. The number of hydrogen-bond acceptors (Lipinski definition) is 6. The topological polar surface area (TPSA) is 68.7 Å². The van der Waals surface area contributed by atoms with Gasteiger partial charge in [-0.2, -0.15) is 0 Å². The van der Waals surface area contributed by atoms with Crippen LogP contribution in [0.2, 0.25) is 0 Å². The predicted molar refractivity (Wildman–Crippen MR) is 80.3 cm³/mol. The molecule has 1 aromatic heterocycles. The van der Waals surface area contributed by atoms with E-state index < -0.39 is 5.97 Å². The molecule has 0 radical (unpaired) electrons. The minimum Gasteiger partial charge on any atom is -0.504 e. The number of nitrogens with zero attached hydrogens (tertiary/aromatic N) is 1. The predicted octanol–water partition coefficient (Wildman–Crippen LogP) is 2.92. The van der Waals surface area contributed by atoms with Crippen molar-refractivity contribution in [3.05, 3.63) is 45.9 Å². The molecule has 2 aromatic rings. The number of aromatic nitrogens is 1. The summed E-state index contributed by atoms with van der Waals surface area (Å²) in [5.41, 5.74) is 1.47. The van der Waals surface area contributed by atoms with Gasteiger partial charge in [0.1, 0.15) is 6.61 Å². The maximum atomic E-state index is 11.6. The van der Waals surface area contributed by atoms with Crippen molar-refractivity contribution in [2.24, 2.45) is 0 Å². The molecule has 0 saturated carbocycles. The zero-order valence-electron chi connectivity index (χ0n) is 11.7. The molecule has 0 amide bonds. The molecule has 0 aliphatic carbocycles. The van der Waals surface area contributed by atoms with Crippen LogP contribution in [0.5, 0.6) is 11.5 Å². The third kappa shape index (κ3) is 4.32. The van der Waals surface area contributed by atoms with Crippen LogP contribution in [0.25, 0.3) is 6.08 Å². The Bertz CT molecular complexity index is 663. The summed E-state index contributed by atoms with van der Waals surface area (Å²) in [5.74, 6) is -0.0488. The van der Waals surface area contributed by atoms with Gasteiger partial charge in [0.05, 0.1) is 17.8 Å². The number of benzene rings is 1. The van der Waals surface area contributed by atoms with Gasteiger partial charge in [0.25, 0.3) is 0 Å². The van der Waals surface area contributed by atoms with E-state index in [4.69, 9.17) is 9.47 Å². The van der Waals surface area contributed by atoms with E-state index in [1.54, 1.807) is 18.2 Å². The van der Waals surface area contributed by atoms with Crippen LogP contribution in [0.1, 0.15) is 16.3 Å². The molecule has 6 heteroatoms. The molecule has 5 nitrogen and oxygen atoms in total. The molecule has 0 spiro atoms. The zero-order valence-corrected chi connectivity index (χ0v) is 12.5. The second-order valence-electron chi connectivity index (χ2n) is 4.23. The van der Waals surface area contributed by atoms with Crippen molar-refractivity contribution in [2.75, 3.05) is 7.11 Å². The maximum absolute atomic E-state index is 11.6. The highest BCUT2D eigenvalue weighted by molar-refractivity contribution is 7.09. The number of ether oxygens (including phenoxy) is 2. The monoisotopic (exact) mass is 305 g/mol. The fourth-order valence-corrected chi connectivity index (χ4v) is 2.23. The largest absolute Gasteiger partial charge is 0.504 e. The highest BCUT2D eigenvalue weighted by Crippen LogP contribution is 2.26. The Morgan fingerprint density at radius 3 is 2.95 bits per heavy atom. The molecule has 0 aliphatic heterocycles. The summed E-state index contributed by atoms with van der Waals surface area (Å²) < 4.78 is 10.1. The number of carbonyl (C=O) groups is 1. The van der Waals surface area contributed by atoms with Crippen LogP contribution in [-0.2, 0) is 16.1 Å². The van der Waals surface area contributed by atoms with Gasteiger partial charge < -0.3 is 14.6 Å². The number of esters is 1. The van der Waals surface area contributed by atoms with Crippen molar-refractivity contribution < 1.29 is 19.4 Å². The number of phenolic OH excluding ortho intramolecular Hbond substituents is 1. The van der Waals surface area contributed by atoms with Gasteiger partial charge in [0, 0.05) is 11.5 Å². The first kappa shape index (κ1) is 15.1. The Morgan fingerprint density at radius 2 is 2.29 bits per heavy atom. The Morgan fingerprint density at radius 1 is 1.48 bits per heavy atom. The second kappa shape index (κ2) is 6.90. The average Bonchev–Trinajstić information content (AvgIpc) is 2.90. The second-order valence-corrected chi connectivity index (χ2v) is 5.29. The van der Waals surface area contributed by atoms with Crippen LogP contribution >= 0.6 is 11.3 Å². The van der Waals surface area contributed by atoms with Gasteiger partial charge >= 0.3 is 5.97 Å². The van der Waals surface area contributed by atoms with Crippen molar-refractivity contribution in [1.82, 2.24) is 4.98 Å². The molecule has 0 atom stereocenters. The summed E-state index contributed by atoms with van der Waals surface area (Å²) in [4.78, 5) is 15.8. The molecule has 0 aliphatic rings. The van der Waals surface area contributed by atoms with Crippen LogP contribution in [-0.4, -0.2) is 23.2 Å². The van der Waals surface area contributed by atoms with E-state index in [0.717, 1.165) is 16.3 Å². The quantitative estimate of drug-likeness (QED) is 0.679. The molecule has 0 unspecified atom stereocenters. The standard InChI is InChI=1S/C15H15NO4S/c1-10-16-12(9-21-10)8-20-15(18)6-4-11-3-5-13(17)14(7-11)19-2/h3-7,9,17H,8H2,1-2H3. The summed E-state index contributed by atoms with van der Waals surface area (Å²) in [7, 11) is 1.46. The van der Waals surface area contributed by atoms with Crippen molar-refractivity contribution in [1.29, 1.82) is 0 Å². The Balaban J connectivity index is 1.92. The number of methoxy groups -OCH3 is 1. The normalized spacial score (nSPS) is 10.8. The number of hydrogen-bond donors (Lipinski definition) is 1. The van der Waals surface area contributed by atoms with Gasteiger partial charge in [-0.25, -0.2) is 9.78 Å². The molecular formula is C15H15NO4S. The van der Waals surface area contributed by atoms with Crippen molar-refractivity contribution >= 4 is 23.4 Å². The number of thiazole rings is 1. The molecule has 110 valence electrons. The fraction of sp³-hybridized carbons (Fsp3) is 0.200. The van der Waals surface area contributed by atoms with Crippen LogP contribution in [0, 0.1) is 6.92 Å². The average molecular weight is 305 g/mol. The third-order valence-corrected chi connectivity index (χ3v) is 3.47. The first-order valence-electron chi connectivity index (χ1n) is 6.21. The maximum Gasteiger partial charge on any atom is 0.331 e. The number of rotatable bonds is 5. The van der Waals surface area contributed by atoms with Crippen molar-refractivity contribution in [3.8, 4) is 11.5 Å². The minimum absolute atomic E-state index is 0.0520. The lowest BCUT2D eigenvalue weighted by Gasteiger charge is -2.03. The molecule has 21 heavy (non-hydrogen) atoms. The third-order valence-electron chi connectivity index (χ3n) is 2.64. The zero-order chi connectivity index (χ0) is 15.2.